The number of hydrogen-bond acceptors (Lipinski definition) is 4. The summed E-state index contributed by atoms with van der Waals surface area (Å²) in [6.45, 7) is 0. The first-order valence-corrected chi connectivity index (χ1v) is 5.87. The highest BCUT2D eigenvalue weighted by Crippen LogP contribution is 2.29. The van der Waals surface area contributed by atoms with Crippen LogP contribution in [0.25, 0.3) is 0 Å². The molecule has 0 bridgehead atoms. The van der Waals surface area contributed by atoms with Crippen LogP contribution in [0.4, 0.5) is 15.8 Å². The predicted molar refractivity (Wildman–Crippen MR) is 76.4 cm³/mol. The summed E-state index contributed by atoms with van der Waals surface area (Å²) in [5.74, 6) is 0.0147. The third-order valence-corrected chi connectivity index (χ3v) is 2.74. The van der Waals surface area contributed by atoms with Gasteiger partial charge in [0.25, 0.3) is 0 Å². The molecule has 4 nitrogen and oxygen atoms in total. The van der Waals surface area contributed by atoms with Gasteiger partial charge in [-0.1, -0.05) is 12.2 Å². The number of halogens is 1. The molecule has 0 saturated heterocycles. The van der Waals surface area contributed by atoms with Gasteiger partial charge in [-0.25, -0.2) is 4.39 Å². The van der Waals surface area contributed by atoms with Crippen LogP contribution in [0.1, 0.15) is 5.56 Å². The maximum Gasteiger partial charge on any atom is 0.145 e. The zero-order valence-corrected chi connectivity index (χ0v) is 11.0. The minimum absolute atomic E-state index is 0.256. The standard InChI is InChI=1S/C13H12FN3OS/c1-18-12-6-8(14)2-3-10(12)17-11-7-16-5-4-9(11)13(15)19/h2-7,17H,1H3,(H2,15,19). The van der Waals surface area contributed by atoms with E-state index in [2.05, 4.69) is 10.3 Å². The molecule has 98 valence electrons. The molecule has 0 aliphatic carbocycles. The molecule has 0 spiro atoms. The van der Waals surface area contributed by atoms with E-state index in [1.54, 1.807) is 24.5 Å². The van der Waals surface area contributed by atoms with Gasteiger partial charge in [-0.15, -0.1) is 0 Å². The van der Waals surface area contributed by atoms with Gasteiger partial charge in [0.05, 0.1) is 24.7 Å². The Kier molecular flexibility index (Phi) is 3.91. The Morgan fingerprint density at radius 3 is 2.84 bits per heavy atom. The highest BCUT2D eigenvalue weighted by Gasteiger charge is 2.09. The summed E-state index contributed by atoms with van der Waals surface area (Å²) in [6.07, 6.45) is 3.19. The van der Waals surface area contributed by atoms with E-state index in [-0.39, 0.29) is 10.8 Å². The molecule has 6 heteroatoms. The van der Waals surface area contributed by atoms with Crippen molar-refractivity contribution >= 4 is 28.6 Å². The lowest BCUT2D eigenvalue weighted by Gasteiger charge is -2.13. The zero-order valence-electron chi connectivity index (χ0n) is 10.2. The van der Waals surface area contributed by atoms with Crippen molar-refractivity contribution in [3.8, 4) is 5.75 Å². The largest absolute Gasteiger partial charge is 0.494 e. The fraction of sp³-hybridized carbons (Fsp3) is 0.0769. The first-order chi connectivity index (χ1) is 9.11. The number of nitrogens with two attached hydrogens (primary N) is 1. The number of aromatic nitrogens is 1. The second-order valence-electron chi connectivity index (χ2n) is 3.76. The summed E-state index contributed by atoms with van der Waals surface area (Å²) >= 11 is 4.97. The smallest absolute Gasteiger partial charge is 0.145 e. The molecule has 19 heavy (non-hydrogen) atoms. The number of nitrogens with zero attached hydrogens (tertiary/aromatic N) is 1. The summed E-state index contributed by atoms with van der Waals surface area (Å²) in [5.41, 5.74) is 7.54. The molecule has 0 fully saturated rings. The average molecular weight is 277 g/mol. The van der Waals surface area contributed by atoms with Crippen molar-refractivity contribution in [3.05, 3.63) is 48.0 Å². The number of hydrogen-bond donors (Lipinski definition) is 2. The maximum absolute atomic E-state index is 13.1. The third-order valence-electron chi connectivity index (χ3n) is 2.52. The zero-order chi connectivity index (χ0) is 13.8. The fourth-order valence-electron chi connectivity index (χ4n) is 1.62. The number of pyridine rings is 1. The van der Waals surface area contributed by atoms with Gasteiger partial charge in [0, 0.05) is 17.8 Å². The van der Waals surface area contributed by atoms with Crippen molar-refractivity contribution in [2.24, 2.45) is 5.73 Å². The molecule has 0 atom stereocenters. The summed E-state index contributed by atoms with van der Waals surface area (Å²) in [7, 11) is 1.47. The van der Waals surface area contributed by atoms with Crippen LogP contribution in [0.2, 0.25) is 0 Å². The molecule has 3 N–H and O–H groups in total. The van der Waals surface area contributed by atoms with Gasteiger partial charge in [0.15, 0.2) is 0 Å². The number of rotatable bonds is 4. The van der Waals surface area contributed by atoms with E-state index in [9.17, 15) is 4.39 Å². The van der Waals surface area contributed by atoms with Crippen LogP contribution in [0.3, 0.4) is 0 Å². The second-order valence-corrected chi connectivity index (χ2v) is 4.19. The SMILES string of the molecule is COc1cc(F)ccc1Nc1cnccc1C(N)=S. The molecular weight excluding hydrogens is 265 g/mol. The molecule has 1 aromatic carbocycles. The van der Waals surface area contributed by atoms with Crippen molar-refractivity contribution in [1.29, 1.82) is 0 Å². The van der Waals surface area contributed by atoms with Crippen molar-refractivity contribution < 1.29 is 9.13 Å². The van der Waals surface area contributed by atoms with E-state index in [1.807, 2.05) is 0 Å². The topological polar surface area (TPSA) is 60.2 Å². The van der Waals surface area contributed by atoms with E-state index in [0.29, 0.717) is 22.7 Å². The summed E-state index contributed by atoms with van der Waals surface area (Å²) in [6, 6.07) is 5.91. The maximum atomic E-state index is 13.1. The molecule has 1 heterocycles. The van der Waals surface area contributed by atoms with Crippen molar-refractivity contribution in [2.45, 2.75) is 0 Å². The number of methoxy groups -OCH3 is 1. The van der Waals surface area contributed by atoms with E-state index >= 15 is 0 Å². The number of ether oxygens (including phenoxy) is 1. The second kappa shape index (κ2) is 5.62. The minimum atomic E-state index is -0.372. The van der Waals surface area contributed by atoms with Crippen molar-refractivity contribution in [1.82, 2.24) is 4.98 Å². The Morgan fingerprint density at radius 2 is 2.16 bits per heavy atom. The van der Waals surface area contributed by atoms with E-state index in [1.165, 1.54) is 19.2 Å². The molecular formula is C13H12FN3OS. The van der Waals surface area contributed by atoms with Gasteiger partial charge in [-0.05, 0) is 18.2 Å². The van der Waals surface area contributed by atoms with Crippen LogP contribution >= 0.6 is 12.2 Å². The third kappa shape index (κ3) is 2.97. The molecule has 0 aliphatic heterocycles. The van der Waals surface area contributed by atoms with Crippen LogP contribution in [-0.4, -0.2) is 17.1 Å². The quantitative estimate of drug-likeness (QED) is 0.841. The van der Waals surface area contributed by atoms with E-state index in [0.717, 1.165) is 0 Å². The molecule has 2 rings (SSSR count). The lowest BCUT2D eigenvalue weighted by molar-refractivity contribution is 0.413. The Morgan fingerprint density at radius 1 is 1.37 bits per heavy atom. The molecule has 0 aliphatic rings. The number of nitrogens with one attached hydrogen (secondary N) is 1. The first-order valence-electron chi connectivity index (χ1n) is 5.46. The van der Waals surface area contributed by atoms with Crippen LogP contribution in [-0.2, 0) is 0 Å². The first kappa shape index (κ1) is 13.2. The Labute approximate surface area is 115 Å². The van der Waals surface area contributed by atoms with E-state index < -0.39 is 0 Å². The van der Waals surface area contributed by atoms with Crippen LogP contribution in [0.5, 0.6) is 5.75 Å². The Balaban J connectivity index is 2.39. The van der Waals surface area contributed by atoms with Gasteiger partial charge in [-0.2, -0.15) is 0 Å². The van der Waals surface area contributed by atoms with Gasteiger partial charge in [0.1, 0.15) is 16.6 Å². The highest BCUT2D eigenvalue weighted by atomic mass is 32.1. The predicted octanol–water partition coefficient (Wildman–Crippen LogP) is 2.61. The summed E-state index contributed by atoms with van der Waals surface area (Å²) in [4.78, 5) is 4.26. The molecule has 0 saturated carbocycles. The average Bonchev–Trinajstić information content (AvgIpc) is 2.41. The van der Waals surface area contributed by atoms with Gasteiger partial charge in [-0.3, -0.25) is 4.98 Å². The fourth-order valence-corrected chi connectivity index (χ4v) is 1.80. The van der Waals surface area contributed by atoms with Gasteiger partial charge >= 0.3 is 0 Å². The number of anilines is 2. The number of thiocarbonyl (C=S) groups is 1. The van der Waals surface area contributed by atoms with Crippen molar-refractivity contribution in [3.63, 3.8) is 0 Å². The molecule has 1 aromatic heterocycles. The van der Waals surface area contributed by atoms with Crippen LogP contribution in [0.15, 0.2) is 36.7 Å². The van der Waals surface area contributed by atoms with Gasteiger partial charge < -0.3 is 15.8 Å². The van der Waals surface area contributed by atoms with Gasteiger partial charge in [0.2, 0.25) is 0 Å². The normalized spacial score (nSPS) is 10.0. The van der Waals surface area contributed by atoms with Crippen LogP contribution in [0, 0.1) is 5.82 Å². The van der Waals surface area contributed by atoms with Crippen molar-refractivity contribution in [2.75, 3.05) is 12.4 Å². The highest BCUT2D eigenvalue weighted by molar-refractivity contribution is 7.80. The molecule has 2 aromatic rings. The minimum Gasteiger partial charge on any atom is -0.494 e. The lowest BCUT2D eigenvalue weighted by atomic mass is 10.2. The number of benzene rings is 1. The lowest BCUT2D eigenvalue weighted by Crippen LogP contribution is -2.12. The molecule has 0 amide bonds. The summed E-state index contributed by atoms with van der Waals surface area (Å²) < 4.78 is 18.2. The molecule has 0 unspecified atom stereocenters. The summed E-state index contributed by atoms with van der Waals surface area (Å²) in [5, 5.41) is 3.08. The van der Waals surface area contributed by atoms with Crippen LogP contribution < -0.4 is 15.8 Å². The Bertz CT molecular complexity index is 619. The Hall–Kier alpha value is -2.21. The monoisotopic (exact) mass is 277 g/mol. The van der Waals surface area contributed by atoms with E-state index in [4.69, 9.17) is 22.7 Å². The molecule has 0 radical (unpaired) electrons.